The van der Waals surface area contributed by atoms with Crippen molar-refractivity contribution >= 4 is 24.4 Å². The normalized spacial score (nSPS) is 24.2. The van der Waals surface area contributed by atoms with Gasteiger partial charge in [0.25, 0.3) is 5.91 Å². The van der Waals surface area contributed by atoms with Gasteiger partial charge in [-0.3, -0.25) is 15.1 Å². The van der Waals surface area contributed by atoms with E-state index in [1.54, 1.807) is 6.07 Å². The van der Waals surface area contributed by atoms with Crippen molar-refractivity contribution < 1.29 is 9.59 Å². The number of nitrogens with zero attached hydrogens (tertiary/aromatic N) is 1. The lowest BCUT2D eigenvalue weighted by Crippen LogP contribution is -2.43. The molecule has 2 N–H and O–H groups in total. The molecule has 5 nitrogen and oxygen atoms in total. The Kier molecular flexibility index (Phi) is 2.19. The molecule has 1 atom stereocenters. The summed E-state index contributed by atoms with van der Waals surface area (Å²) in [4.78, 5) is 27.8. The van der Waals surface area contributed by atoms with E-state index in [1.807, 2.05) is 18.2 Å². The van der Waals surface area contributed by atoms with Gasteiger partial charge in [0.15, 0.2) is 5.54 Å². The third kappa shape index (κ3) is 1.21. The fraction of sp³-hybridized carbons (Fsp3) is 0.0714. The van der Waals surface area contributed by atoms with E-state index in [9.17, 15) is 9.59 Å². The van der Waals surface area contributed by atoms with Gasteiger partial charge in [-0.25, -0.2) is 4.79 Å². The summed E-state index contributed by atoms with van der Waals surface area (Å²) in [5, 5.41) is 4.95. The van der Waals surface area contributed by atoms with Crippen LogP contribution in [0.3, 0.4) is 0 Å². The zero-order valence-electron chi connectivity index (χ0n) is 10.1. The SMILES string of the molecule is C=CC1=C(N=C)c2ccccc2C12NC(=O)NC2=O. The van der Waals surface area contributed by atoms with Crippen molar-refractivity contribution in [3.05, 3.63) is 53.6 Å². The van der Waals surface area contributed by atoms with Crippen molar-refractivity contribution in [2.75, 3.05) is 0 Å². The van der Waals surface area contributed by atoms with Gasteiger partial charge in [0.05, 0.1) is 5.70 Å². The Hall–Kier alpha value is -2.69. The summed E-state index contributed by atoms with van der Waals surface area (Å²) in [5.74, 6) is -0.418. The van der Waals surface area contributed by atoms with Gasteiger partial charge in [-0.15, -0.1) is 0 Å². The van der Waals surface area contributed by atoms with Crippen molar-refractivity contribution in [2.45, 2.75) is 5.54 Å². The van der Waals surface area contributed by atoms with Crippen molar-refractivity contribution in [3.8, 4) is 0 Å². The third-order valence-corrected chi connectivity index (χ3v) is 3.48. The molecule has 3 rings (SSSR count). The van der Waals surface area contributed by atoms with Gasteiger partial charge in [0, 0.05) is 16.7 Å². The highest BCUT2D eigenvalue weighted by atomic mass is 16.2. The van der Waals surface area contributed by atoms with E-state index in [0.717, 1.165) is 5.56 Å². The van der Waals surface area contributed by atoms with Crippen LogP contribution in [0.1, 0.15) is 11.1 Å². The molecule has 1 saturated heterocycles. The van der Waals surface area contributed by atoms with E-state index in [1.165, 1.54) is 6.08 Å². The Morgan fingerprint density at radius 3 is 2.58 bits per heavy atom. The number of imide groups is 1. The molecule has 1 spiro atoms. The van der Waals surface area contributed by atoms with E-state index >= 15 is 0 Å². The molecular weight excluding hydrogens is 242 g/mol. The third-order valence-electron chi connectivity index (χ3n) is 3.48. The average molecular weight is 253 g/mol. The Labute approximate surface area is 109 Å². The number of carbonyl (C=O) groups excluding carboxylic acids is 2. The van der Waals surface area contributed by atoms with E-state index in [2.05, 4.69) is 28.9 Å². The summed E-state index contributed by atoms with van der Waals surface area (Å²) in [7, 11) is 0. The van der Waals surface area contributed by atoms with Crippen molar-refractivity contribution in [2.24, 2.45) is 4.99 Å². The molecule has 0 bridgehead atoms. The Morgan fingerprint density at radius 1 is 1.26 bits per heavy atom. The average Bonchev–Trinajstić information content (AvgIpc) is 2.86. The fourth-order valence-corrected chi connectivity index (χ4v) is 2.74. The monoisotopic (exact) mass is 253 g/mol. The van der Waals surface area contributed by atoms with Crippen LogP contribution >= 0.6 is 0 Å². The molecular formula is C14H11N3O2. The number of aliphatic imine (C=N–C) groups is 1. The number of carbonyl (C=O) groups is 2. The molecule has 1 aromatic carbocycles. The van der Waals surface area contributed by atoms with Crippen LogP contribution in [-0.2, 0) is 10.3 Å². The zero-order valence-corrected chi connectivity index (χ0v) is 10.1. The maximum absolute atomic E-state index is 12.3. The van der Waals surface area contributed by atoms with Crippen LogP contribution in [0.5, 0.6) is 0 Å². The number of nitrogens with one attached hydrogen (secondary N) is 2. The lowest BCUT2D eigenvalue weighted by atomic mass is 9.86. The molecule has 0 radical (unpaired) electrons. The minimum atomic E-state index is -1.23. The molecule has 1 aromatic rings. The van der Waals surface area contributed by atoms with Gasteiger partial charge < -0.3 is 5.32 Å². The highest BCUT2D eigenvalue weighted by Gasteiger charge is 2.55. The molecule has 0 saturated carbocycles. The first-order valence-electron chi connectivity index (χ1n) is 5.72. The number of rotatable bonds is 2. The van der Waals surface area contributed by atoms with Gasteiger partial charge >= 0.3 is 6.03 Å². The molecule has 1 fully saturated rings. The van der Waals surface area contributed by atoms with Crippen molar-refractivity contribution in [1.29, 1.82) is 0 Å². The van der Waals surface area contributed by atoms with Crippen molar-refractivity contribution in [1.82, 2.24) is 10.6 Å². The predicted molar refractivity (Wildman–Crippen MR) is 71.5 cm³/mol. The molecule has 1 unspecified atom stereocenters. The molecule has 5 heteroatoms. The molecule has 3 amide bonds. The number of hydrogen-bond donors (Lipinski definition) is 2. The predicted octanol–water partition coefficient (Wildman–Crippen LogP) is 1.33. The molecule has 0 aromatic heterocycles. The first-order valence-corrected chi connectivity index (χ1v) is 5.72. The minimum Gasteiger partial charge on any atom is -0.316 e. The maximum Gasteiger partial charge on any atom is 0.322 e. The molecule has 1 aliphatic carbocycles. The van der Waals surface area contributed by atoms with Crippen LogP contribution in [0.2, 0.25) is 0 Å². The second-order valence-corrected chi connectivity index (χ2v) is 4.33. The lowest BCUT2D eigenvalue weighted by molar-refractivity contribution is -0.122. The van der Waals surface area contributed by atoms with Crippen molar-refractivity contribution in [3.63, 3.8) is 0 Å². The highest BCUT2D eigenvalue weighted by Crippen LogP contribution is 2.47. The van der Waals surface area contributed by atoms with Gasteiger partial charge in [0.2, 0.25) is 0 Å². The summed E-state index contributed by atoms with van der Waals surface area (Å²) in [6, 6.07) is 6.77. The molecule has 19 heavy (non-hydrogen) atoms. The van der Waals surface area contributed by atoms with Crippen LogP contribution < -0.4 is 10.6 Å². The number of benzene rings is 1. The van der Waals surface area contributed by atoms with E-state index in [4.69, 9.17) is 0 Å². The van der Waals surface area contributed by atoms with Gasteiger partial charge in [-0.05, 0) is 6.72 Å². The molecule has 2 aliphatic rings. The first kappa shape index (κ1) is 11.4. The van der Waals surface area contributed by atoms with Gasteiger partial charge in [-0.2, -0.15) is 0 Å². The molecule has 1 heterocycles. The highest BCUT2D eigenvalue weighted by molar-refractivity contribution is 6.13. The Balaban J connectivity index is 2.39. The standard InChI is InChI=1S/C14H11N3O2/c1-3-9-11(15-2)8-6-4-5-7-10(8)14(9)12(18)16-13(19)17-14/h3-7H,1-2H2,(H2,16,17,18,19). The van der Waals surface area contributed by atoms with E-state index in [0.29, 0.717) is 16.8 Å². The van der Waals surface area contributed by atoms with Gasteiger partial charge in [-0.1, -0.05) is 36.9 Å². The quantitative estimate of drug-likeness (QED) is 0.616. The van der Waals surface area contributed by atoms with Gasteiger partial charge in [0.1, 0.15) is 0 Å². The second kappa shape index (κ2) is 3.65. The summed E-state index contributed by atoms with van der Waals surface area (Å²) >= 11 is 0. The van der Waals surface area contributed by atoms with Crippen LogP contribution in [-0.4, -0.2) is 18.7 Å². The number of amides is 3. The second-order valence-electron chi connectivity index (χ2n) is 4.33. The first-order chi connectivity index (χ1) is 9.15. The maximum atomic E-state index is 12.3. The Morgan fingerprint density at radius 2 is 2.00 bits per heavy atom. The van der Waals surface area contributed by atoms with E-state index < -0.39 is 17.5 Å². The summed E-state index contributed by atoms with van der Waals surface area (Å²) < 4.78 is 0. The van der Waals surface area contributed by atoms with Crippen LogP contribution in [0.4, 0.5) is 4.79 Å². The smallest absolute Gasteiger partial charge is 0.316 e. The number of fused-ring (bicyclic) bond motifs is 2. The lowest BCUT2D eigenvalue weighted by Gasteiger charge is -2.23. The van der Waals surface area contributed by atoms with Crippen LogP contribution in [0.25, 0.3) is 5.70 Å². The molecule has 94 valence electrons. The van der Waals surface area contributed by atoms with E-state index in [-0.39, 0.29) is 0 Å². The summed E-state index contributed by atoms with van der Waals surface area (Å²) in [6.45, 7) is 7.26. The van der Waals surface area contributed by atoms with Crippen LogP contribution in [0.15, 0.2) is 47.5 Å². The largest absolute Gasteiger partial charge is 0.322 e. The zero-order chi connectivity index (χ0) is 13.6. The summed E-state index contributed by atoms with van der Waals surface area (Å²) in [6.07, 6.45) is 1.54. The summed E-state index contributed by atoms with van der Waals surface area (Å²) in [5.41, 5.74) is 1.36. The fourth-order valence-electron chi connectivity index (χ4n) is 2.74. The molecule has 1 aliphatic heterocycles. The minimum absolute atomic E-state index is 0.418. The Bertz CT molecular complexity index is 675. The number of urea groups is 1. The number of hydrogen-bond acceptors (Lipinski definition) is 3. The topological polar surface area (TPSA) is 70.6 Å². The van der Waals surface area contributed by atoms with Crippen LogP contribution in [0, 0.1) is 0 Å².